The standard InChI is InChI=1S/C16H23N3O/c20-16(15-7-4-8-17-15)18-14-6-3-5-13(11-14)12-19-9-1-2-10-19/h3,5-6,11,15,17H,1-2,4,7-10,12H2,(H,18,20)/t15-/m0/s1. The summed E-state index contributed by atoms with van der Waals surface area (Å²) in [7, 11) is 0. The van der Waals surface area contributed by atoms with Crippen LogP contribution in [0.25, 0.3) is 0 Å². The second kappa shape index (κ2) is 6.37. The van der Waals surface area contributed by atoms with Gasteiger partial charge in [0.1, 0.15) is 0 Å². The van der Waals surface area contributed by atoms with Crippen molar-refractivity contribution in [1.29, 1.82) is 0 Å². The van der Waals surface area contributed by atoms with E-state index in [0.29, 0.717) is 0 Å². The monoisotopic (exact) mass is 273 g/mol. The molecule has 2 fully saturated rings. The first-order valence-corrected chi connectivity index (χ1v) is 7.67. The number of hydrogen-bond acceptors (Lipinski definition) is 3. The van der Waals surface area contributed by atoms with E-state index < -0.39 is 0 Å². The fraction of sp³-hybridized carbons (Fsp3) is 0.562. The van der Waals surface area contributed by atoms with Crippen molar-refractivity contribution in [2.24, 2.45) is 0 Å². The van der Waals surface area contributed by atoms with Crippen molar-refractivity contribution in [2.45, 2.75) is 38.3 Å². The van der Waals surface area contributed by atoms with Crippen LogP contribution < -0.4 is 10.6 Å². The smallest absolute Gasteiger partial charge is 0.241 e. The Morgan fingerprint density at radius 1 is 1.30 bits per heavy atom. The second-order valence-corrected chi connectivity index (χ2v) is 5.82. The van der Waals surface area contributed by atoms with Crippen molar-refractivity contribution in [3.05, 3.63) is 29.8 Å². The van der Waals surface area contributed by atoms with Crippen LogP contribution in [0.1, 0.15) is 31.2 Å². The molecule has 2 N–H and O–H groups in total. The Bertz CT molecular complexity index is 463. The van der Waals surface area contributed by atoms with E-state index in [1.807, 2.05) is 12.1 Å². The van der Waals surface area contributed by atoms with Gasteiger partial charge in [0.25, 0.3) is 0 Å². The highest BCUT2D eigenvalue weighted by molar-refractivity contribution is 5.95. The lowest BCUT2D eigenvalue weighted by Crippen LogP contribution is -2.35. The topological polar surface area (TPSA) is 44.4 Å². The molecule has 108 valence electrons. The van der Waals surface area contributed by atoms with Crippen LogP contribution in [0.15, 0.2) is 24.3 Å². The molecule has 1 amide bonds. The first kappa shape index (κ1) is 13.6. The maximum atomic E-state index is 12.1. The van der Waals surface area contributed by atoms with Crippen LogP contribution in [0.3, 0.4) is 0 Å². The fourth-order valence-electron chi connectivity index (χ4n) is 3.08. The van der Waals surface area contributed by atoms with Crippen molar-refractivity contribution < 1.29 is 4.79 Å². The number of hydrogen-bond donors (Lipinski definition) is 2. The number of benzene rings is 1. The van der Waals surface area contributed by atoms with Gasteiger partial charge in [0, 0.05) is 12.2 Å². The summed E-state index contributed by atoms with van der Waals surface area (Å²) in [4.78, 5) is 14.6. The number of nitrogens with one attached hydrogen (secondary N) is 2. The van der Waals surface area contributed by atoms with Crippen LogP contribution in [0.2, 0.25) is 0 Å². The highest BCUT2D eigenvalue weighted by Crippen LogP contribution is 2.17. The van der Waals surface area contributed by atoms with E-state index in [2.05, 4.69) is 27.7 Å². The van der Waals surface area contributed by atoms with Crippen molar-refractivity contribution in [2.75, 3.05) is 25.0 Å². The molecule has 0 aliphatic carbocycles. The SMILES string of the molecule is O=C(Nc1cccc(CN2CCCC2)c1)[C@@H]1CCCN1. The van der Waals surface area contributed by atoms with Gasteiger partial charge < -0.3 is 10.6 Å². The zero-order valence-corrected chi connectivity index (χ0v) is 11.9. The maximum absolute atomic E-state index is 12.1. The summed E-state index contributed by atoms with van der Waals surface area (Å²) in [6.07, 6.45) is 4.65. The van der Waals surface area contributed by atoms with Gasteiger partial charge in [0.05, 0.1) is 6.04 Å². The van der Waals surface area contributed by atoms with E-state index in [1.165, 1.54) is 31.5 Å². The third-order valence-electron chi connectivity index (χ3n) is 4.18. The Kier molecular flexibility index (Phi) is 4.33. The Balaban J connectivity index is 1.59. The summed E-state index contributed by atoms with van der Waals surface area (Å²) < 4.78 is 0. The predicted octanol–water partition coefficient (Wildman–Crippen LogP) is 1.97. The molecular weight excluding hydrogens is 250 g/mol. The van der Waals surface area contributed by atoms with Crippen LogP contribution in [0, 0.1) is 0 Å². The molecule has 4 nitrogen and oxygen atoms in total. The molecule has 2 heterocycles. The molecule has 0 radical (unpaired) electrons. The first-order chi connectivity index (χ1) is 9.81. The van der Waals surface area contributed by atoms with Gasteiger partial charge in [-0.15, -0.1) is 0 Å². The number of rotatable bonds is 4. The maximum Gasteiger partial charge on any atom is 0.241 e. The van der Waals surface area contributed by atoms with Gasteiger partial charge in [-0.25, -0.2) is 0 Å². The Morgan fingerprint density at radius 2 is 2.15 bits per heavy atom. The van der Waals surface area contributed by atoms with Gasteiger partial charge in [-0.1, -0.05) is 12.1 Å². The summed E-state index contributed by atoms with van der Waals surface area (Å²) in [5, 5.41) is 6.26. The average Bonchev–Trinajstić information content (AvgIpc) is 3.12. The van der Waals surface area contributed by atoms with Gasteiger partial charge in [-0.3, -0.25) is 9.69 Å². The Hall–Kier alpha value is -1.39. The first-order valence-electron chi connectivity index (χ1n) is 7.67. The van der Waals surface area contributed by atoms with Gasteiger partial charge in [0.15, 0.2) is 0 Å². The molecule has 2 saturated heterocycles. The summed E-state index contributed by atoms with van der Waals surface area (Å²) >= 11 is 0. The van der Waals surface area contributed by atoms with E-state index >= 15 is 0 Å². The van der Waals surface area contributed by atoms with Crippen LogP contribution in [0.5, 0.6) is 0 Å². The number of likely N-dealkylation sites (tertiary alicyclic amines) is 1. The number of nitrogens with zero attached hydrogens (tertiary/aromatic N) is 1. The Labute approximate surface area is 120 Å². The number of carbonyl (C=O) groups is 1. The molecule has 1 aromatic rings. The molecule has 0 unspecified atom stereocenters. The Morgan fingerprint density at radius 3 is 2.90 bits per heavy atom. The van der Waals surface area contributed by atoms with E-state index in [1.54, 1.807) is 0 Å². The summed E-state index contributed by atoms with van der Waals surface area (Å²) in [5.41, 5.74) is 2.20. The quantitative estimate of drug-likeness (QED) is 0.881. The largest absolute Gasteiger partial charge is 0.325 e. The van der Waals surface area contributed by atoms with Gasteiger partial charge in [0.2, 0.25) is 5.91 Å². The van der Waals surface area contributed by atoms with Crippen LogP contribution in [0.4, 0.5) is 5.69 Å². The van der Waals surface area contributed by atoms with Crippen molar-refractivity contribution in [1.82, 2.24) is 10.2 Å². The van der Waals surface area contributed by atoms with E-state index in [0.717, 1.165) is 31.6 Å². The zero-order chi connectivity index (χ0) is 13.8. The summed E-state index contributed by atoms with van der Waals surface area (Å²) in [6.45, 7) is 4.34. The summed E-state index contributed by atoms with van der Waals surface area (Å²) in [6, 6.07) is 8.23. The molecule has 4 heteroatoms. The van der Waals surface area contributed by atoms with Gasteiger partial charge in [-0.05, 0) is 63.0 Å². The molecule has 0 saturated carbocycles. The number of amides is 1. The summed E-state index contributed by atoms with van der Waals surface area (Å²) in [5.74, 6) is 0.0980. The lowest BCUT2D eigenvalue weighted by atomic mass is 10.1. The van der Waals surface area contributed by atoms with Gasteiger partial charge >= 0.3 is 0 Å². The third kappa shape index (κ3) is 3.38. The third-order valence-corrected chi connectivity index (χ3v) is 4.18. The normalized spacial score (nSPS) is 23.1. The van der Waals surface area contributed by atoms with Crippen molar-refractivity contribution in [3.8, 4) is 0 Å². The molecule has 1 aromatic carbocycles. The fourth-order valence-corrected chi connectivity index (χ4v) is 3.08. The minimum atomic E-state index is -0.0164. The molecule has 2 aliphatic heterocycles. The number of carbonyl (C=O) groups excluding carboxylic acids is 1. The second-order valence-electron chi connectivity index (χ2n) is 5.82. The lowest BCUT2D eigenvalue weighted by molar-refractivity contribution is -0.117. The molecular formula is C16H23N3O. The zero-order valence-electron chi connectivity index (χ0n) is 11.9. The van der Waals surface area contributed by atoms with Crippen LogP contribution in [-0.2, 0) is 11.3 Å². The molecule has 3 rings (SSSR count). The average molecular weight is 273 g/mol. The highest BCUT2D eigenvalue weighted by Gasteiger charge is 2.21. The van der Waals surface area contributed by atoms with E-state index in [-0.39, 0.29) is 11.9 Å². The molecule has 0 bridgehead atoms. The molecule has 0 aromatic heterocycles. The highest BCUT2D eigenvalue weighted by atomic mass is 16.2. The van der Waals surface area contributed by atoms with Crippen LogP contribution >= 0.6 is 0 Å². The van der Waals surface area contributed by atoms with E-state index in [9.17, 15) is 4.79 Å². The van der Waals surface area contributed by atoms with E-state index in [4.69, 9.17) is 0 Å². The molecule has 20 heavy (non-hydrogen) atoms. The molecule has 0 spiro atoms. The number of anilines is 1. The lowest BCUT2D eigenvalue weighted by Gasteiger charge is -2.16. The molecule has 2 aliphatic rings. The van der Waals surface area contributed by atoms with Crippen molar-refractivity contribution in [3.63, 3.8) is 0 Å². The van der Waals surface area contributed by atoms with Gasteiger partial charge in [-0.2, -0.15) is 0 Å². The van der Waals surface area contributed by atoms with Crippen LogP contribution in [-0.4, -0.2) is 36.5 Å². The predicted molar refractivity (Wildman–Crippen MR) is 80.6 cm³/mol. The minimum Gasteiger partial charge on any atom is -0.325 e. The minimum absolute atomic E-state index is 0.0164. The molecule has 1 atom stereocenters. The van der Waals surface area contributed by atoms with Crippen molar-refractivity contribution >= 4 is 11.6 Å².